The van der Waals surface area contributed by atoms with Crippen LogP contribution in [-0.2, 0) is 6.42 Å². The fourth-order valence-corrected chi connectivity index (χ4v) is 3.95. The summed E-state index contributed by atoms with van der Waals surface area (Å²) >= 11 is 1.43. The van der Waals surface area contributed by atoms with E-state index in [9.17, 15) is 9.18 Å². The highest BCUT2D eigenvalue weighted by Crippen LogP contribution is 2.36. The normalized spacial score (nSPS) is 14.4. The van der Waals surface area contributed by atoms with Gasteiger partial charge in [0, 0.05) is 17.4 Å². The minimum atomic E-state index is -0.230. The summed E-state index contributed by atoms with van der Waals surface area (Å²) in [6.07, 6.45) is 2.34. The Hall–Kier alpha value is -2.07. The standard InChI is InChI=1S/C17H12FNOS/c18-13-9-8-12(10-4-1-2-5-11(10)13)17-19-14-6-3-7-15(20)16(14)21-17/h1-2,4-5,8-9H,3,6-7H2. The zero-order valence-corrected chi connectivity index (χ0v) is 12.0. The van der Waals surface area contributed by atoms with E-state index in [2.05, 4.69) is 4.98 Å². The molecule has 1 aliphatic carbocycles. The van der Waals surface area contributed by atoms with Crippen molar-refractivity contribution in [2.75, 3.05) is 0 Å². The van der Waals surface area contributed by atoms with E-state index in [1.54, 1.807) is 12.1 Å². The first-order chi connectivity index (χ1) is 10.2. The highest BCUT2D eigenvalue weighted by atomic mass is 32.1. The molecule has 4 rings (SSSR count). The minimum Gasteiger partial charge on any atom is -0.293 e. The summed E-state index contributed by atoms with van der Waals surface area (Å²) in [7, 11) is 0. The third-order valence-electron chi connectivity index (χ3n) is 3.87. The highest BCUT2D eigenvalue weighted by molar-refractivity contribution is 7.17. The second-order valence-corrected chi connectivity index (χ2v) is 6.21. The monoisotopic (exact) mass is 297 g/mol. The Bertz CT molecular complexity index is 868. The molecule has 4 heteroatoms. The average Bonchev–Trinajstić information content (AvgIpc) is 2.93. The van der Waals surface area contributed by atoms with Crippen LogP contribution in [0.3, 0.4) is 0 Å². The van der Waals surface area contributed by atoms with Gasteiger partial charge < -0.3 is 0 Å². The Morgan fingerprint density at radius 1 is 1.05 bits per heavy atom. The molecule has 2 aromatic carbocycles. The fraction of sp³-hybridized carbons (Fsp3) is 0.176. The first-order valence-electron chi connectivity index (χ1n) is 6.94. The number of Topliss-reactive ketones (excluding diaryl/α,β-unsaturated/α-hetero) is 1. The van der Waals surface area contributed by atoms with E-state index < -0.39 is 0 Å². The number of nitrogens with zero attached hydrogens (tertiary/aromatic N) is 1. The number of hydrogen-bond donors (Lipinski definition) is 0. The molecular weight excluding hydrogens is 285 g/mol. The van der Waals surface area contributed by atoms with E-state index in [-0.39, 0.29) is 11.6 Å². The number of carbonyl (C=O) groups is 1. The molecule has 0 atom stereocenters. The van der Waals surface area contributed by atoms with E-state index in [4.69, 9.17) is 0 Å². The SMILES string of the molecule is O=C1CCCc2nc(-c3ccc(F)c4ccccc34)sc21. The van der Waals surface area contributed by atoms with E-state index in [1.165, 1.54) is 17.4 Å². The Balaban J connectivity index is 1.95. The molecule has 0 aliphatic heterocycles. The third-order valence-corrected chi connectivity index (χ3v) is 5.04. The molecule has 0 N–H and O–H groups in total. The number of fused-ring (bicyclic) bond motifs is 2. The van der Waals surface area contributed by atoms with Crippen LogP contribution in [0.2, 0.25) is 0 Å². The number of carbonyl (C=O) groups excluding carboxylic acids is 1. The Labute approximate surface area is 125 Å². The third kappa shape index (κ3) is 1.98. The second-order valence-electron chi connectivity index (χ2n) is 5.21. The second kappa shape index (κ2) is 4.74. The van der Waals surface area contributed by atoms with Crippen LogP contribution in [0.4, 0.5) is 4.39 Å². The molecule has 0 radical (unpaired) electrons. The Morgan fingerprint density at radius 3 is 2.67 bits per heavy atom. The molecule has 0 saturated heterocycles. The summed E-state index contributed by atoms with van der Waals surface area (Å²) in [6.45, 7) is 0. The largest absolute Gasteiger partial charge is 0.293 e. The van der Waals surface area contributed by atoms with E-state index in [1.807, 2.05) is 18.2 Å². The summed E-state index contributed by atoms with van der Waals surface area (Å²) < 4.78 is 13.9. The van der Waals surface area contributed by atoms with Crippen LogP contribution in [0.15, 0.2) is 36.4 Å². The lowest BCUT2D eigenvalue weighted by molar-refractivity contribution is 0.0976. The van der Waals surface area contributed by atoms with Gasteiger partial charge in [-0.05, 0) is 30.4 Å². The molecule has 1 heterocycles. The zero-order chi connectivity index (χ0) is 14.4. The van der Waals surface area contributed by atoms with Crippen molar-refractivity contribution in [1.29, 1.82) is 0 Å². The van der Waals surface area contributed by atoms with Crippen LogP contribution in [0.25, 0.3) is 21.3 Å². The van der Waals surface area contributed by atoms with Crippen LogP contribution < -0.4 is 0 Å². The van der Waals surface area contributed by atoms with Crippen LogP contribution in [-0.4, -0.2) is 10.8 Å². The lowest BCUT2D eigenvalue weighted by Gasteiger charge is -2.06. The maximum absolute atomic E-state index is 13.9. The van der Waals surface area contributed by atoms with Gasteiger partial charge in [0.2, 0.25) is 0 Å². The van der Waals surface area contributed by atoms with Gasteiger partial charge in [0.15, 0.2) is 5.78 Å². The van der Waals surface area contributed by atoms with Crippen LogP contribution >= 0.6 is 11.3 Å². The molecule has 2 nitrogen and oxygen atoms in total. The molecule has 0 fully saturated rings. The molecule has 1 aromatic heterocycles. The van der Waals surface area contributed by atoms with Crippen LogP contribution in [0.1, 0.15) is 28.2 Å². The number of hydrogen-bond acceptors (Lipinski definition) is 3. The molecule has 3 aromatic rings. The van der Waals surface area contributed by atoms with Crippen molar-refractivity contribution >= 4 is 27.9 Å². The predicted molar refractivity (Wildman–Crippen MR) is 82.3 cm³/mol. The minimum absolute atomic E-state index is 0.186. The van der Waals surface area contributed by atoms with Crippen molar-refractivity contribution in [3.63, 3.8) is 0 Å². The smallest absolute Gasteiger partial charge is 0.174 e. The first kappa shape index (κ1) is 12.7. The maximum Gasteiger partial charge on any atom is 0.174 e. The van der Waals surface area contributed by atoms with Gasteiger partial charge in [-0.3, -0.25) is 4.79 Å². The molecule has 21 heavy (non-hydrogen) atoms. The summed E-state index contributed by atoms with van der Waals surface area (Å²) in [4.78, 5) is 17.4. The van der Waals surface area contributed by atoms with Crippen molar-refractivity contribution in [2.24, 2.45) is 0 Å². The summed E-state index contributed by atoms with van der Waals surface area (Å²) in [6, 6.07) is 10.6. The van der Waals surface area contributed by atoms with Gasteiger partial charge in [-0.2, -0.15) is 0 Å². The Kier molecular flexibility index (Phi) is 2.86. The van der Waals surface area contributed by atoms with Crippen molar-refractivity contribution in [1.82, 2.24) is 4.98 Å². The van der Waals surface area contributed by atoms with Crippen molar-refractivity contribution in [3.8, 4) is 10.6 Å². The van der Waals surface area contributed by atoms with Gasteiger partial charge in [-0.1, -0.05) is 24.3 Å². The quantitative estimate of drug-likeness (QED) is 0.656. The fourth-order valence-electron chi connectivity index (χ4n) is 2.83. The summed E-state index contributed by atoms with van der Waals surface area (Å²) in [5.41, 5.74) is 1.80. The zero-order valence-electron chi connectivity index (χ0n) is 11.2. The predicted octanol–water partition coefficient (Wildman–Crippen LogP) is 4.62. The molecular formula is C17H12FNOS. The van der Waals surface area contributed by atoms with Crippen LogP contribution in [0, 0.1) is 5.82 Å². The van der Waals surface area contributed by atoms with E-state index in [0.29, 0.717) is 11.8 Å². The van der Waals surface area contributed by atoms with Crippen LogP contribution in [0.5, 0.6) is 0 Å². The molecule has 0 unspecified atom stereocenters. The number of thiazole rings is 1. The number of rotatable bonds is 1. The van der Waals surface area contributed by atoms with E-state index >= 15 is 0 Å². The first-order valence-corrected chi connectivity index (χ1v) is 7.76. The molecule has 0 bridgehead atoms. The van der Waals surface area contributed by atoms with Gasteiger partial charge in [0.25, 0.3) is 0 Å². The molecule has 0 saturated carbocycles. The maximum atomic E-state index is 13.9. The molecule has 104 valence electrons. The number of benzene rings is 2. The van der Waals surface area contributed by atoms with Gasteiger partial charge in [-0.25, -0.2) is 9.37 Å². The molecule has 0 amide bonds. The lowest BCUT2D eigenvalue weighted by atomic mass is 10.0. The molecule has 0 spiro atoms. The highest BCUT2D eigenvalue weighted by Gasteiger charge is 2.23. The number of aromatic nitrogens is 1. The number of ketones is 1. The molecule has 1 aliphatic rings. The van der Waals surface area contributed by atoms with Gasteiger partial charge in [-0.15, -0.1) is 11.3 Å². The van der Waals surface area contributed by atoms with E-state index in [0.717, 1.165) is 39.4 Å². The summed E-state index contributed by atoms with van der Waals surface area (Å²) in [5, 5.41) is 2.25. The van der Waals surface area contributed by atoms with Gasteiger partial charge in [0.05, 0.1) is 10.6 Å². The average molecular weight is 297 g/mol. The van der Waals surface area contributed by atoms with Gasteiger partial charge >= 0.3 is 0 Å². The van der Waals surface area contributed by atoms with Crippen molar-refractivity contribution in [3.05, 3.63) is 52.8 Å². The lowest BCUT2D eigenvalue weighted by Crippen LogP contribution is -2.07. The topological polar surface area (TPSA) is 30.0 Å². The Morgan fingerprint density at radius 2 is 1.86 bits per heavy atom. The summed E-state index contributed by atoms with van der Waals surface area (Å²) in [5.74, 6) is -0.0434. The number of halogens is 1. The van der Waals surface area contributed by atoms with Crippen molar-refractivity contribution in [2.45, 2.75) is 19.3 Å². The number of aryl methyl sites for hydroxylation is 1. The van der Waals surface area contributed by atoms with Crippen molar-refractivity contribution < 1.29 is 9.18 Å². The van der Waals surface area contributed by atoms with Gasteiger partial charge in [0.1, 0.15) is 10.8 Å².